The topological polar surface area (TPSA) is 85.6 Å². The Hall–Kier alpha value is -2.25. The van der Waals surface area contributed by atoms with Crippen LogP contribution in [0.25, 0.3) is 0 Å². The maximum Gasteiger partial charge on any atom is 0.232 e. The predicted octanol–water partition coefficient (Wildman–Crippen LogP) is -0.882. The molecule has 1 aliphatic rings. The van der Waals surface area contributed by atoms with Crippen LogP contribution in [-0.4, -0.2) is 47.7 Å². The molecule has 134 valence electrons. The van der Waals surface area contributed by atoms with Crippen molar-refractivity contribution in [1.29, 1.82) is 0 Å². The van der Waals surface area contributed by atoms with Crippen molar-refractivity contribution in [3.05, 3.63) is 35.2 Å². The third-order valence-electron chi connectivity index (χ3n) is 5.03. The summed E-state index contributed by atoms with van der Waals surface area (Å²) in [6, 6.07) is 6.20. The third kappa shape index (κ3) is 4.64. The smallest absolute Gasteiger partial charge is 0.232 e. The van der Waals surface area contributed by atoms with E-state index in [0.29, 0.717) is 5.95 Å². The van der Waals surface area contributed by atoms with Gasteiger partial charge in [-0.25, -0.2) is 0 Å². The number of rotatable bonds is 5. The number of likely N-dealkylation sites (N-methyl/N-ethyl adjacent to an activating group) is 1. The van der Waals surface area contributed by atoms with Gasteiger partial charge in [0, 0.05) is 5.69 Å². The number of hydrogen-bond acceptors (Lipinski definition) is 5. The number of nitrogens with one attached hydrogen (secondary N) is 3. The highest BCUT2D eigenvalue weighted by molar-refractivity contribution is 5.56. The van der Waals surface area contributed by atoms with Gasteiger partial charge in [-0.1, -0.05) is 6.07 Å². The lowest BCUT2D eigenvalue weighted by Gasteiger charge is -2.28. The zero-order chi connectivity index (χ0) is 17.8. The van der Waals surface area contributed by atoms with Crippen LogP contribution in [0.1, 0.15) is 23.9 Å². The molecular weight excluding hydrogens is 314 g/mol. The van der Waals surface area contributed by atoms with Crippen LogP contribution in [0.5, 0.6) is 0 Å². The number of aromatic nitrogens is 3. The molecule has 0 atom stereocenters. The van der Waals surface area contributed by atoms with Crippen molar-refractivity contribution in [2.24, 2.45) is 0 Å². The van der Waals surface area contributed by atoms with E-state index in [2.05, 4.69) is 53.2 Å². The Morgan fingerprint density at radius 3 is 2.40 bits per heavy atom. The van der Waals surface area contributed by atoms with Gasteiger partial charge in [0.05, 0.1) is 6.54 Å². The van der Waals surface area contributed by atoms with E-state index >= 15 is 0 Å². The molecule has 2 heterocycles. The Labute approximate surface area is 149 Å². The summed E-state index contributed by atoms with van der Waals surface area (Å²) in [6.45, 7) is 13.2. The van der Waals surface area contributed by atoms with Gasteiger partial charge in [-0.2, -0.15) is 15.0 Å². The number of aryl methyl sites for hydroxylation is 2. The van der Waals surface area contributed by atoms with Gasteiger partial charge in [0.1, 0.15) is 32.7 Å². The molecule has 0 saturated carbocycles. The summed E-state index contributed by atoms with van der Waals surface area (Å²) in [5.74, 6) is 1.55. The first-order valence-electron chi connectivity index (χ1n) is 9.05. The number of benzene rings is 1. The van der Waals surface area contributed by atoms with Gasteiger partial charge in [0.15, 0.2) is 5.82 Å². The lowest BCUT2D eigenvalue weighted by Crippen LogP contribution is -3.27. The normalized spacial score (nSPS) is 20.4. The summed E-state index contributed by atoms with van der Waals surface area (Å²) in [6.07, 6.45) is 0. The Morgan fingerprint density at radius 2 is 1.72 bits per heavy atom. The fourth-order valence-electron chi connectivity index (χ4n) is 3.23. The predicted molar refractivity (Wildman–Crippen MR) is 99.1 cm³/mol. The average Bonchev–Trinajstić information content (AvgIpc) is 2.58. The second-order valence-corrected chi connectivity index (χ2v) is 6.89. The van der Waals surface area contributed by atoms with E-state index in [9.17, 15) is 0 Å². The number of nitrogens with zero attached hydrogens (tertiary/aromatic N) is 3. The van der Waals surface area contributed by atoms with Crippen LogP contribution >= 0.6 is 0 Å². The van der Waals surface area contributed by atoms with Crippen LogP contribution in [0.15, 0.2) is 18.2 Å². The van der Waals surface area contributed by atoms with Crippen molar-refractivity contribution in [2.45, 2.75) is 27.3 Å². The largest absolute Gasteiger partial charge is 0.368 e. The summed E-state index contributed by atoms with van der Waals surface area (Å²) in [7, 11) is 0. The zero-order valence-electron chi connectivity index (χ0n) is 15.4. The minimum Gasteiger partial charge on any atom is -0.368 e. The maximum absolute atomic E-state index is 5.90. The Bertz CT molecular complexity index is 723. The highest BCUT2D eigenvalue weighted by Gasteiger charge is 2.23. The van der Waals surface area contributed by atoms with E-state index in [1.165, 1.54) is 35.7 Å². The summed E-state index contributed by atoms with van der Waals surface area (Å²) >= 11 is 0. The first kappa shape index (κ1) is 17.6. The van der Waals surface area contributed by atoms with Gasteiger partial charge < -0.3 is 20.9 Å². The van der Waals surface area contributed by atoms with Crippen LogP contribution in [0.3, 0.4) is 0 Å². The van der Waals surface area contributed by atoms with Crippen molar-refractivity contribution in [3.8, 4) is 0 Å². The standard InChI is InChI=1S/C18H27N7/c1-4-24-7-9-25(10-8-24)12-16-21-17(19)23-18(22-16)20-15-6-5-13(2)14(3)11-15/h5-6,11H,4,7-10,12H2,1-3H3,(H3,19,20,21,22,23)/p+2. The first-order valence-corrected chi connectivity index (χ1v) is 9.05. The average molecular weight is 343 g/mol. The Kier molecular flexibility index (Phi) is 5.45. The molecule has 7 nitrogen and oxygen atoms in total. The van der Waals surface area contributed by atoms with Crippen molar-refractivity contribution < 1.29 is 9.80 Å². The second kappa shape index (κ2) is 7.76. The molecule has 2 aromatic rings. The molecule has 3 rings (SSSR count). The number of hydrogen-bond donors (Lipinski definition) is 4. The minimum atomic E-state index is 0.272. The molecule has 1 aromatic carbocycles. The third-order valence-corrected chi connectivity index (χ3v) is 5.03. The Balaban J connectivity index is 1.69. The molecule has 1 fully saturated rings. The molecular formula is C18H29N7+2. The van der Waals surface area contributed by atoms with Crippen molar-refractivity contribution in [1.82, 2.24) is 15.0 Å². The number of quaternary nitrogens is 2. The Morgan fingerprint density at radius 1 is 1.00 bits per heavy atom. The monoisotopic (exact) mass is 343 g/mol. The van der Waals surface area contributed by atoms with Gasteiger partial charge in [-0.05, 0) is 44.0 Å². The van der Waals surface area contributed by atoms with Crippen molar-refractivity contribution in [3.63, 3.8) is 0 Å². The quantitative estimate of drug-likeness (QED) is 0.566. The van der Waals surface area contributed by atoms with Gasteiger partial charge in [-0.3, -0.25) is 0 Å². The summed E-state index contributed by atoms with van der Waals surface area (Å²) in [5.41, 5.74) is 9.36. The minimum absolute atomic E-state index is 0.272. The molecule has 1 aliphatic heterocycles. The van der Waals surface area contributed by atoms with Crippen LogP contribution in [0.4, 0.5) is 17.6 Å². The van der Waals surface area contributed by atoms with Gasteiger partial charge in [0.2, 0.25) is 11.9 Å². The lowest BCUT2D eigenvalue weighted by molar-refractivity contribution is -1.02. The molecule has 0 spiro atoms. The van der Waals surface area contributed by atoms with Crippen LogP contribution in [0.2, 0.25) is 0 Å². The molecule has 5 N–H and O–H groups in total. The summed E-state index contributed by atoms with van der Waals surface area (Å²) in [4.78, 5) is 16.3. The number of nitrogens with two attached hydrogens (primary N) is 1. The SMILES string of the molecule is CC[NH+]1CC[NH+](Cc2nc(N)nc(Nc3ccc(C)c(C)c3)n2)CC1. The van der Waals surface area contributed by atoms with E-state index in [0.717, 1.165) is 31.1 Å². The molecule has 0 radical (unpaired) electrons. The van der Waals surface area contributed by atoms with Crippen molar-refractivity contribution >= 4 is 17.6 Å². The fraction of sp³-hybridized carbons (Fsp3) is 0.500. The zero-order valence-corrected chi connectivity index (χ0v) is 15.4. The van der Waals surface area contributed by atoms with Gasteiger partial charge >= 0.3 is 0 Å². The number of anilines is 3. The maximum atomic E-state index is 5.90. The lowest BCUT2D eigenvalue weighted by atomic mass is 10.1. The highest BCUT2D eigenvalue weighted by atomic mass is 15.3. The van der Waals surface area contributed by atoms with Crippen LogP contribution in [0, 0.1) is 13.8 Å². The van der Waals surface area contributed by atoms with E-state index in [1.54, 1.807) is 4.90 Å². The number of piperazine rings is 1. The van der Waals surface area contributed by atoms with Crippen LogP contribution in [-0.2, 0) is 6.54 Å². The number of nitrogen functional groups attached to an aromatic ring is 1. The molecule has 25 heavy (non-hydrogen) atoms. The molecule has 0 aliphatic carbocycles. The van der Waals surface area contributed by atoms with Crippen LogP contribution < -0.4 is 20.9 Å². The van der Waals surface area contributed by atoms with E-state index in [-0.39, 0.29) is 5.95 Å². The second-order valence-electron chi connectivity index (χ2n) is 6.89. The summed E-state index contributed by atoms with van der Waals surface area (Å²) < 4.78 is 0. The van der Waals surface area contributed by atoms with Crippen molar-refractivity contribution in [2.75, 3.05) is 43.8 Å². The van der Waals surface area contributed by atoms with Gasteiger partial charge in [-0.15, -0.1) is 0 Å². The molecule has 1 saturated heterocycles. The van der Waals surface area contributed by atoms with E-state index in [4.69, 9.17) is 5.73 Å². The molecule has 0 amide bonds. The first-order chi connectivity index (χ1) is 12.0. The van der Waals surface area contributed by atoms with E-state index < -0.39 is 0 Å². The molecule has 0 unspecified atom stereocenters. The summed E-state index contributed by atoms with van der Waals surface area (Å²) in [5, 5.41) is 3.25. The fourth-order valence-corrected chi connectivity index (χ4v) is 3.23. The molecule has 1 aromatic heterocycles. The van der Waals surface area contributed by atoms with E-state index in [1.807, 2.05) is 6.07 Å². The molecule has 0 bridgehead atoms. The van der Waals surface area contributed by atoms with Gasteiger partial charge in [0.25, 0.3) is 0 Å². The molecule has 7 heteroatoms. The highest BCUT2D eigenvalue weighted by Crippen LogP contribution is 2.17.